The molecule has 0 aliphatic carbocycles. The summed E-state index contributed by atoms with van der Waals surface area (Å²) in [5.74, 6) is 0. The normalized spacial score (nSPS) is 16.9. The summed E-state index contributed by atoms with van der Waals surface area (Å²) in [4.78, 5) is 5.98. The van der Waals surface area contributed by atoms with Crippen molar-refractivity contribution >= 4 is 15.7 Å². The van der Waals surface area contributed by atoms with Gasteiger partial charge in [0.1, 0.15) is 6.10 Å². The van der Waals surface area contributed by atoms with Crippen molar-refractivity contribution in [1.82, 2.24) is 4.31 Å². The Morgan fingerprint density at radius 1 is 1.04 bits per heavy atom. The van der Waals surface area contributed by atoms with Crippen LogP contribution in [0.2, 0.25) is 0 Å². The third-order valence-corrected chi connectivity index (χ3v) is 7.33. The van der Waals surface area contributed by atoms with Crippen molar-refractivity contribution in [2.75, 3.05) is 13.1 Å². The van der Waals surface area contributed by atoms with Gasteiger partial charge in [0.2, 0.25) is 10.0 Å². The smallest absolute Gasteiger partial charge is 0.243 e. The van der Waals surface area contributed by atoms with Crippen molar-refractivity contribution < 1.29 is 13.3 Å². The first-order valence-electron chi connectivity index (χ1n) is 9.60. The number of nitrogens with zero attached hydrogens (tertiary/aromatic N) is 2. The van der Waals surface area contributed by atoms with Gasteiger partial charge in [-0.2, -0.15) is 4.31 Å². The minimum absolute atomic E-state index is 0.280. The zero-order valence-corrected chi connectivity index (χ0v) is 18.0. The second kappa shape index (κ2) is 8.05. The van der Waals surface area contributed by atoms with E-state index >= 15 is 0 Å². The lowest BCUT2D eigenvalue weighted by molar-refractivity contribution is 0.0712. The molecule has 28 heavy (non-hydrogen) atoms. The first kappa shape index (κ1) is 20.6. The van der Waals surface area contributed by atoms with Gasteiger partial charge in [-0.25, -0.2) is 8.42 Å². The molecule has 1 heterocycles. The van der Waals surface area contributed by atoms with Crippen LogP contribution in [0.4, 0.5) is 0 Å². The third-order valence-electron chi connectivity index (χ3n) is 5.08. The van der Waals surface area contributed by atoms with Crippen LogP contribution in [0.3, 0.4) is 0 Å². The Kier molecular flexibility index (Phi) is 5.91. The van der Waals surface area contributed by atoms with E-state index < -0.39 is 10.0 Å². The Bertz CT molecular complexity index is 972. The molecule has 150 valence electrons. The Balaban J connectivity index is 1.77. The van der Waals surface area contributed by atoms with Gasteiger partial charge in [-0.15, -0.1) is 0 Å². The van der Waals surface area contributed by atoms with Gasteiger partial charge in [-0.05, 0) is 44.4 Å². The summed E-state index contributed by atoms with van der Waals surface area (Å²) in [6.45, 7) is 10.2. The summed E-state index contributed by atoms with van der Waals surface area (Å²) in [6, 6.07) is 11.9. The highest BCUT2D eigenvalue weighted by Crippen LogP contribution is 2.27. The second-order valence-corrected chi connectivity index (χ2v) is 9.39. The van der Waals surface area contributed by atoms with E-state index in [4.69, 9.17) is 4.84 Å². The Morgan fingerprint density at radius 3 is 2.21 bits per heavy atom. The zero-order chi connectivity index (χ0) is 20.5. The number of benzene rings is 2. The van der Waals surface area contributed by atoms with E-state index in [1.165, 1.54) is 9.87 Å². The predicted octanol–water partition coefficient (Wildman–Crippen LogP) is 4.12. The molecule has 1 aliphatic heterocycles. The predicted molar refractivity (Wildman–Crippen MR) is 112 cm³/mol. The van der Waals surface area contributed by atoms with Crippen molar-refractivity contribution in [2.24, 2.45) is 5.16 Å². The first-order chi connectivity index (χ1) is 13.2. The summed E-state index contributed by atoms with van der Waals surface area (Å²) in [5, 5.41) is 4.20. The second-order valence-electron chi connectivity index (χ2n) is 7.52. The van der Waals surface area contributed by atoms with Gasteiger partial charge >= 0.3 is 0 Å². The average Bonchev–Trinajstić information content (AvgIpc) is 3.07. The topological polar surface area (TPSA) is 59.0 Å². The molecule has 3 rings (SSSR count). The molecule has 0 unspecified atom stereocenters. The van der Waals surface area contributed by atoms with Crippen molar-refractivity contribution in [3.05, 3.63) is 64.2 Å². The largest absolute Gasteiger partial charge is 0.390 e. The van der Waals surface area contributed by atoms with Crippen LogP contribution in [-0.4, -0.2) is 37.6 Å². The summed E-state index contributed by atoms with van der Waals surface area (Å²) >= 11 is 0. The zero-order valence-electron chi connectivity index (χ0n) is 17.2. The Labute approximate surface area is 168 Å². The molecule has 1 atom stereocenters. The summed E-state index contributed by atoms with van der Waals surface area (Å²) < 4.78 is 28.1. The SMILES string of the molecule is CCN(C[C@H]1CC(c2ccc(C)cc2)=NO1)S(=O)(=O)c1c(C)cc(C)cc1C. The van der Waals surface area contributed by atoms with Crippen LogP contribution < -0.4 is 0 Å². The van der Waals surface area contributed by atoms with Crippen molar-refractivity contribution in [2.45, 2.75) is 52.0 Å². The molecule has 0 amide bonds. The molecule has 6 heteroatoms. The highest BCUT2D eigenvalue weighted by Gasteiger charge is 2.32. The van der Waals surface area contributed by atoms with Crippen molar-refractivity contribution in [3.8, 4) is 0 Å². The molecule has 0 bridgehead atoms. The molecule has 0 spiro atoms. The van der Waals surface area contributed by atoms with E-state index in [0.29, 0.717) is 17.9 Å². The van der Waals surface area contributed by atoms with Gasteiger partial charge < -0.3 is 4.84 Å². The van der Waals surface area contributed by atoms with E-state index in [-0.39, 0.29) is 12.6 Å². The van der Waals surface area contributed by atoms with Gasteiger partial charge in [0.15, 0.2) is 0 Å². The molecule has 0 saturated heterocycles. The fourth-order valence-electron chi connectivity index (χ4n) is 3.77. The van der Waals surface area contributed by atoms with E-state index in [1.807, 2.05) is 71.0 Å². The van der Waals surface area contributed by atoms with Crippen LogP contribution in [0.15, 0.2) is 46.4 Å². The van der Waals surface area contributed by atoms with Crippen LogP contribution >= 0.6 is 0 Å². The van der Waals surface area contributed by atoms with Gasteiger partial charge in [-0.3, -0.25) is 0 Å². The fourth-order valence-corrected chi connectivity index (χ4v) is 5.66. The van der Waals surface area contributed by atoms with E-state index in [0.717, 1.165) is 28.0 Å². The maximum atomic E-state index is 13.3. The highest BCUT2D eigenvalue weighted by atomic mass is 32.2. The fraction of sp³-hybridized carbons (Fsp3) is 0.409. The van der Waals surface area contributed by atoms with Gasteiger partial charge in [0.25, 0.3) is 0 Å². The molecule has 0 aromatic heterocycles. The number of likely N-dealkylation sites (N-methyl/N-ethyl adjacent to an activating group) is 1. The maximum absolute atomic E-state index is 13.3. The lowest BCUT2D eigenvalue weighted by Crippen LogP contribution is -2.38. The van der Waals surface area contributed by atoms with Crippen molar-refractivity contribution in [1.29, 1.82) is 0 Å². The molecule has 2 aromatic rings. The highest BCUT2D eigenvalue weighted by molar-refractivity contribution is 7.89. The summed E-state index contributed by atoms with van der Waals surface area (Å²) in [5.41, 5.74) is 5.68. The lowest BCUT2D eigenvalue weighted by atomic mass is 10.0. The average molecular weight is 401 g/mol. The monoisotopic (exact) mass is 400 g/mol. The number of hydrogen-bond acceptors (Lipinski definition) is 4. The maximum Gasteiger partial charge on any atom is 0.243 e. The molecule has 0 fully saturated rings. The summed E-state index contributed by atoms with van der Waals surface area (Å²) in [7, 11) is -3.60. The molecule has 2 aromatic carbocycles. The van der Waals surface area contributed by atoms with E-state index in [9.17, 15) is 8.42 Å². The quantitative estimate of drug-likeness (QED) is 0.733. The van der Waals surface area contributed by atoms with Crippen LogP contribution in [0.1, 0.15) is 41.2 Å². The Morgan fingerprint density at radius 2 is 1.64 bits per heavy atom. The lowest BCUT2D eigenvalue weighted by Gasteiger charge is -2.24. The standard InChI is InChI=1S/C22H28N2O3S/c1-6-24(28(25,26)22-17(4)11-16(3)12-18(22)5)14-20-13-21(23-27-20)19-9-7-15(2)8-10-19/h7-12,20H,6,13-14H2,1-5H3/t20-/m1/s1. The van der Waals surface area contributed by atoms with Crippen LogP contribution in [-0.2, 0) is 14.9 Å². The molecule has 1 aliphatic rings. The van der Waals surface area contributed by atoms with Crippen molar-refractivity contribution in [3.63, 3.8) is 0 Å². The first-order valence-corrected chi connectivity index (χ1v) is 11.0. The molecule has 0 radical (unpaired) electrons. The third kappa shape index (κ3) is 4.13. The molecular weight excluding hydrogens is 372 g/mol. The van der Waals surface area contributed by atoms with Gasteiger partial charge in [0, 0.05) is 13.0 Å². The van der Waals surface area contributed by atoms with Crippen LogP contribution in [0, 0.1) is 27.7 Å². The number of rotatable bonds is 6. The number of aryl methyl sites for hydroxylation is 4. The minimum atomic E-state index is -3.60. The van der Waals surface area contributed by atoms with Gasteiger partial charge in [-0.1, -0.05) is 59.6 Å². The molecular formula is C22H28N2O3S. The molecule has 5 nitrogen and oxygen atoms in total. The van der Waals surface area contributed by atoms with E-state index in [1.54, 1.807) is 0 Å². The minimum Gasteiger partial charge on any atom is -0.390 e. The Hall–Kier alpha value is -2.18. The van der Waals surface area contributed by atoms with Crippen LogP contribution in [0.5, 0.6) is 0 Å². The molecule has 0 saturated carbocycles. The molecule has 0 N–H and O–H groups in total. The number of hydrogen-bond donors (Lipinski definition) is 0. The number of oxime groups is 1. The van der Waals surface area contributed by atoms with Gasteiger partial charge in [0.05, 0.1) is 17.2 Å². The van der Waals surface area contributed by atoms with E-state index in [2.05, 4.69) is 5.16 Å². The summed E-state index contributed by atoms with van der Waals surface area (Å²) in [6.07, 6.45) is 0.318. The number of sulfonamides is 1. The van der Waals surface area contributed by atoms with Crippen LogP contribution in [0.25, 0.3) is 0 Å².